The summed E-state index contributed by atoms with van der Waals surface area (Å²) in [5.74, 6) is -1.32. The van der Waals surface area contributed by atoms with Gasteiger partial charge in [0.1, 0.15) is 0 Å². The van der Waals surface area contributed by atoms with Crippen LogP contribution in [0.1, 0.15) is 16.8 Å². The zero-order valence-electron chi connectivity index (χ0n) is 14.3. The first kappa shape index (κ1) is 22.6. The largest absolute Gasteiger partial charge is 0.479 e. The molecule has 2 aromatic carbocycles. The van der Waals surface area contributed by atoms with Crippen molar-refractivity contribution in [3.05, 3.63) is 89.7 Å². The number of carbonyl (C=O) groups is 1. The van der Waals surface area contributed by atoms with Gasteiger partial charge in [-0.3, -0.25) is 4.98 Å². The lowest BCUT2D eigenvalue weighted by molar-refractivity contribution is -0.155. The van der Waals surface area contributed by atoms with E-state index in [-0.39, 0.29) is 24.8 Å². The second-order valence-electron chi connectivity index (χ2n) is 5.70. The first-order valence-corrected chi connectivity index (χ1v) is 7.83. The van der Waals surface area contributed by atoms with Gasteiger partial charge in [-0.25, -0.2) is 4.79 Å². The number of carboxylic acids is 1. The van der Waals surface area contributed by atoms with Crippen molar-refractivity contribution in [3.63, 3.8) is 0 Å². The summed E-state index contributed by atoms with van der Waals surface area (Å²) in [4.78, 5) is 16.0. The van der Waals surface area contributed by atoms with Crippen LogP contribution >= 0.6 is 24.8 Å². The van der Waals surface area contributed by atoms with Crippen LogP contribution in [0.25, 0.3) is 11.1 Å². The normalized spacial score (nSPS) is 12.2. The Bertz CT molecular complexity index is 872. The van der Waals surface area contributed by atoms with Gasteiger partial charge in [-0.05, 0) is 22.8 Å². The quantitative estimate of drug-likeness (QED) is 0.603. The van der Waals surface area contributed by atoms with Crippen molar-refractivity contribution in [2.75, 3.05) is 0 Å². The maximum absolute atomic E-state index is 11.8. The Morgan fingerprint density at radius 1 is 0.889 bits per heavy atom. The molecule has 0 saturated carbocycles. The van der Waals surface area contributed by atoms with Crippen molar-refractivity contribution >= 4 is 30.8 Å². The zero-order chi connectivity index (χ0) is 17.9. The van der Waals surface area contributed by atoms with Crippen molar-refractivity contribution in [2.24, 2.45) is 5.73 Å². The van der Waals surface area contributed by atoms with Crippen LogP contribution in [-0.2, 0) is 16.9 Å². The predicted octanol–water partition coefficient (Wildman–Crippen LogP) is 3.37. The molecule has 0 bridgehead atoms. The van der Waals surface area contributed by atoms with E-state index in [1.54, 1.807) is 60.8 Å². The molecule has 1 heterocycles. The molecule has 0 fully saturated rings. The lowest BCUT2D eigenvalue weighted by atomic mass is 9.86. The number of rotatable bonds is 5. The highest BCUT2D eigenvalue weighted by atomic mass is 35.5. The van der Waals surface area contributed by atoms with Crippen LogP contribution in [0.15, 0.2) is 72.9 Å². The summed E-state index contributed by atoms with van der Waals surface area (Å²) in [6.45, 7) is 0.377. The molecule has 0 aliphatic carbocycles. The first-order valence-electron chi connectivity index (χ1n) is 7.83. The molecular weight excluding hydrogens is 387 g/mol. The molecule has 1 atom stereocenters. The fraction of sp³-hybridized carbons (Fsp3) is 0.100. The maximum atomic E-state index is 11.8. The SMILES string of the molecule is Cl.Cl.NCc1ccc(-c2ccc([C@](O)(C(=O)O)c3ccccc3)cc2)cn1. The van der Waals surface area contributed by atoms with Gasteiger partial charge in [0.15, 0.2) is 0 Å². The number of hydrogen-bond donors (Lipinski definition) is 3. The molecule has 27 heavy (non-hydrogen) atoms. The lowest BCUT2D eigenvalue weighted by Gasteiger charge is -2.24. The number of benzene rings is 2. The minimum Gasteiger partial charge on any atom is -0.479 e. The molecule has 0 spiro atoms. The van der Waals surface area contributed by atoms with Crippen molar-refractivity contribution in [3.8, 4) is 11.1 Å². The molecule has 0 saturated heterocycles. The summed E-state index contributed by atoms with van der Waals surface area (Å²) in [6, 6.07) is 18.9. The smallest absolute Gasteiger partial charge is 0.345 e. The number of aliphatic hydroxyl groups is 1. The summed E-state index contributed by atoms with van der Waals surface area (Å²) in [6.07, 6.45) is 1.72. The van der Waals surface area contributed by atoms with E-state index in [1.165, 1.54) is 0 Å². The van der Waals surface area contributed by atoms with Crippen molar-refractivity contribution < 1.29 is 15.0 Å². The fourth-order valence-electron chi connectivity index (χ4n) is 2.71. The van der Waals surface area contributed by atoms with E-state index in [0.29, 0.717) is 17.7 Å². The van der Waals surface area contributed by atoms with Gasteiger partial charge < -0.3 is 15.9 Å². The molecule has 142 valence electrons. The number of carboxylic acid groups (broad SMARTS) is 1. The Morgan fingerprint density at radius 3 is 1.93 bits per heavy atom. The molecule has 3 aromatic rings. The third-order valence-corrected chi connectivity index (χ3v) is 4.17. The molecular formula is C20H20Cl2N2O3. The van der Waals surface area contributed by atoms with Crippen molar-refractivity contribution in [1.82, 2.24) is 4.98 Å². The standard InChI is InChI=1S/C20H18N2O3.2ClH/c21-12-18-11-8-15(13-22-18)14-6-9-17(10-7-14)20(25,19(23)24)16-4-2-1-3-5-16;;/h1-11,13,25H,12,21H2,(H,23,24);2*1H/t20-;;/m0../s1. The summed E-state index contributed by atoms with van der Waals surface area (Å²) in [7, 11) is 0. The van der Waals surface area contributed by atoms with Gasteiger partial charge in [-0.1, -0.05) is 60.7 Å². The Balaban J connectivity index is 0.00000182. The highest BCUT2D eigenvalue weighted by Gasteiger charge is 2.39. The van der Waals surface area contributed by atoms with E-state index in [9.17, 15) is 15.0 Å². The zero-order valence-corrected chi connectivity index (χ0v) is 15.9. The van der Waals surface area contributed by atoms with E-state index in [2.05, 4.69) is 4.98 Å². The summed E-state index contributed by atoms with van der Waals surface area (Å²) in [5.41, 5.74) is 6.61. The fourth-order valence-corrected chi connectivity index (χ4v) is 2.71. The van der Waals surface area contributed by atoms with E-state index in [0.717, 1.165) is 16.8 Å². The molecule has 4 N–H and O–H groups in total. The number of halogens is 2. The van der Waals surface area contributed by atoms with Gasteiger partial charge in [-0.2, -0.15) is 0 Å². The van der Waals surface area contributed by atoms with Gasteiger partial charge in [0, 0.05) is 18.3 Å². The van der Waals surface area contributed by atoms with Crippen LogP contribution in [0.3, 0.4) is 0 Å². The van der Waals surface area contributed by atoms with Crippen LogP contribution in [0.5, 0.6) is 0 Å². The minimum absolute atomic E-state index is 0. The van der Waals surface area contributed by atoms with Crippen LogP contribution in [0.2, 0.25) is 0 Å². The van der Waals surface area contributed by atoms with Crippen LogP contribution in [-0.4, -0.2) is 21.2 Å². The number of hydrogen-bond acceptors (Lipinski definition) is 4. The molecule has 5 nitrogen and oxygen atoms in total. The Labute approximate surface area is 169 Å². The van der Waals surface area contributed by atoms with Crippen molar-refractivity contribution in [1.29, 1.82) is 0 Å². The molecule has 0 aliphatic rings. The molecule has 0 unspecified atom stereocenters. The van der Waals surface area contributed by atoms with Crippen LogP contribution < -0.4 is 5.73 Å². The van der Waals surface area contributed by atoms with Crippen molar-refractivity contribution in [2.45, 2.75) is 12.1 Å². The Hall–Kier alpha value is -2.44. The summed E-state index contributed by atoms with van der Waals surface area (Å²) >= 11 is 0. The van der Waals surface area contributed by atoms with E-state index < -0.39 is 11.6 Å². The van der Waals surface area contributed by atoms with Gasteiger partial charge in [0.25, 0.3) is 0 Å². The van der Waals surface area contributed by atoms with Crippen LogP contribution in [0.4, 0.5) is 0 Å². The molecule has 1 aromatic heterocycles. The Kier molecular flexibility index (Phi) is 7.94. The van der Waals surface area contributed by atoms with Crippen LogP contribution in [0, 0.1) is 0 Å². The Morgan fingerprint density at radius 2 is 1.44 bits per heavy atom. The third kappa shape index (κ3) is 4.46. The second-order valence-corrected chi connectivity index (χ2v) is 5.70. The molecule has 0 aliphatic heterocycles. The summed E-state index contributed by atoms with van der Waals surface area (Å²) in [5, 5.41) is 20.4. The average Bonchev–Trinajstić information content (AvgIpc) is 2.68. The number of aromatic nitrogens is 1. The lowest BCUT2D eigenvalue weighted by Crippen LogP contribution is -2.36. The number of pyridine rings is 1. The topological polar surface area (TPSA) is 96.4 Å². The van der Waals surface area contributed by atoms with Gasteiger partial charge >= 0.3 is 5.97 Å². The molecule has 7 heteroatoms. The molecule has 0 radical (unpaired) electrons. The second kappa shape index (κ2) is 9.48. The third-order valence-electron chi connectivity index (χ3n) is 4.17. The van der Waals surface area contributed by atoms with Gasteiger partial charge in [-0.15, -0.1) is 24.8 Å². The number of nitrogens with zero attached hydrogens (tertiary/aromatic N) is 1. The molecule has 0 amide bonds. The monoisotopic (exact) mass is 406 g/mol. The first-order chi connectivity index (χ1) is 12.1. The average molecular weight is 407 g/mol. The highest BCUT2D eigenvalue weighted by Crippen LogP contribution is 2.31. The highest BCUT2D eigenvalue weighted by molar-refractivity contribution is 5.86. The van der Waals surface area contributed by atoms with Gasteiger partial charge in [0.2, 0.25) is 5.60 Å². The number of aliphatic carboxylic acids is 1. The van der Waals surface area contributed by atoms with Gasteiger partial charge in [0.05, 0.1) is 5.69 Å². The van der Waals surface area contributed by atoms with E-state index in [1.807, 2.05) is 12.1 Å². The molecule has 3 rings (SSSR count). The van der Waals surface area contributed by atoms with E-state index in [4.69, 9.17) is 5.73 Å². The van der Waals surface area contributed by atoms with E-state index >= 15 is 0 Å². The minimum atomic E-state index is -2.10. The summed E-state index contributed by atoms with van der Waals surface area (Å²) < 4.78 is 0. The number of nitrogens with two attached hydrogens (primary N) is 1. The maximum Gasteiger partial charge on any atom is 0.345 e. The predicted molar refractivity (Wildman–Crippen MR) is 109 cm³/mol.